The molecule has 4 N–H and O–H groups in total. The van der Waals surface area contributed by atoms with Crippen LogP contribution in [0.1, 0.15) is 37.8 Å². The SMILES string of the molecule is CC(C)C[C@H](NC(=O)C(CCc1ccccc1)CP(=O)(O)CNCc1ccccc1)C(=O)Nc1ccccc1. The van der Waals surface area contributed by atoms with Crippen LogP contribution in [0.5, 0.6) is 0 Å². The van der Waals surface area contributed by atoms with Gasteiger partial charge in [0, 0.05) is 24.3 Å². The van der Waals surface area contributed by atoms with Gasteiger partial charge in [0.05, 0.1) is 6.29 Å². The van der Waals surface area contributed by atoms with Gasteiger partial charge in [-0.1, -0.05) is 92.7 Å². The quantitative estimate of drug-likeness (QED) is 0.189. The number of carbonyl (C=O) groups is 2. The van der Waals surface area contributed by atoms with Gasteiger partial charge in [0.1, 0.15) is 6.04 Å². The van der Waals surface area contributed by atoms with E-state index in [4.69, 9.17) is 0 Å². The van der Waals surface area contributed by atoms with Crippen molar-refractivity contribution in [1.82, 2.24) is 10.6 Å². The zero-order chi connectivity index (χ0) is 28.1. The lowest BCUT2D eigenvalue weighted by Gasteiger charge is -2.25. The summed E-state index contributed by atoms with van der Waals surface area (Å²) in [7, 11) is -3.68. The van der Waals surface area contributed by atoms with E-state index in [1.54, 1.807) is 12.1 Å². The average molecular weight is 550 g/mol. The Morgan fingerprint density at radius 1 is 0.821 bits per heavy atom. The molecule has 0 bridgehead atoms. The summed E-state index contributed by atoms with van der Waals surface area (Å²) in [5.41, 5.74) is 2.71. The van der Waals surface area contributed by atoms with Gasteiger partial charge in [0.2, 0.25) is 19.2 Å². The highest BCUT2D eigenvalue weighted by atomic mass is 31.2. The summed E-state index contributed by atoms with van der Waals surface area (Å²) in [4.78, 5) is 37.5. The van der Waals surface area contributed by atoms with Crippen LogP contribution < -0.4 is 16.0 Å². The predicted octanol–water partition coefficient (Wildman–Crippen LogP) is 5.42. The molecule has 0 heterocycles. The third kappa shape index (κ3) is 11.2. The maximum atomic E-state index is 13.5. The lowest BCUT2D eigenvalue weighted by molar-refractivity contribution is -0.129. The maximum Gasteiger partial charge on any atom is 0.246 e. The summed E-state index contributed by atoms with van der Waals surface area (Å²) in [6.45, 7) is 4.44. The average Bonchev–Trinajstić information content (AvgIpc) is 2.92. The molecule has 2 amide bonds. The molecule has 8 heteroatoms. The number of anilines is 1. The zero-order valence-corrected chi connectivity index (χ0v) is 23.6. The van der Waals surface area contributed by atoms with Crippen LogP contribution in [0.3, 0.4) is 0 Å². The van der Waals surface area contributed by atoms with Crippen LogP contribution in [-0.2, 0) is 27.1 Å². The first kappa shape index (κ1) is 30.3. The van der Waals surface area contributed by atoms with E-state index in [2.05, 4.69) is 16.0 Å². The van der Waals surface area contributed by atoms with E-state index in [0.29, 0.717) is 31.5 Å². The maximum absolute atomic E-state index is 13.5. The summed E-state index contributed by atoms with van der Waals surface area (Å²) in [5.74, 6) is -1.25. The molecule has 2 unspecified atom stereocenters. The topological polar surface area (TPSA) is 108 Å². The first-order valence-corrected chi connectivity index (χ1v) is 15.5. The molecule has 0 fully saturated rings. The van der Waals surface area contributed by atoms with E-state index < -0.39 is 19.3 Å². The Kier molecular flexibility index (Phi) is 11.9. The number of aryl methyl sites for hydroxylation is 1. The minimum atomic E-state index is -3.68. The van der Waals surface area contributed by atoms with E-state index in [0.717, 1.165) is 11.1 Å². The highest BCUT2D eigenvalue weighted by molar-refractivity contribution is 7.57. The standard InChI is InChI=1S/C31H40N3O4P/c1-24(2)20-29(31(36)33-28-16-10-5-11-17-28)34-30(35)27(19-18-25-12-6-3-7-13-25)22-39(37,38)23-32-21-26-14-8-4-9-15-26/h3-17,24,27,29,32H,18-23H2,1-2H3,(H,33,36)(H,34,35)(H,37,38)/t27?,29-/m0/s1. The lowest BCUT2D eigenvalue weighted by Crippen LogP contribution is -2.47. The molecule has 0 aliphatic carbocycles. The molecule has 7 nitrogen and oxygen atoms in total. The molecule has 3 rings (SSSR count). The van der Waals surface area contributed by atoms with Crippen molar-refractivity contribution >= 4 is 24.9 Å². The molecule has 0 radical (unpaired) electrons. The van der Waals surface area contributed by atoms with Crippen molar-refractivity contribution in [3.63, 3.8) is 0 Å². The smallest absolute Gasteiger partial charge is 0.246 e. The van der Waals surface area contributed by atoms with Gasteiger partial charge in [-0.25, -0.2) is 0 Å². The number of benzene rings is 3. The molecule has 208 valence electrons. The van der Waals surface area contributed by atoms with Crippen LogP contribution in [0, 0.1) is 11.8 Å². The van der Waals surface area contributed by atoms with Crippen molar-refractivity contribution in [3.05, 3.63) is 102 Å². The third-order valence-corrected chi connectivity index (χ3v) is 8.14. The van der Waals surface area contributed by atoms with Crippen LogP contribution in [-0.4, -0.2) is 35.2 Å². The van der Waals surface area contributed by atoms with Crippen molar-refractivity contribution in [2.45, 2.75) is 45.7 Å². The highest BCUT2D eigenvalue weighted by Crippen LogP contribution is 2.42. The summed E-state index contributed by atoms with van der Waals surface area (Å²) in [5, 5.41) is 8.84. The first-order chi connectivity index (χ1) is 18.7. The van der Waals surface area contributed by atoms with E-state index >= 15 is 0 Å². The van der Waals surface area contributed by atoms with Gasteiger partial charge in [-0.05, 0) is 48.4 Å². The first-order valence-electron chi connectivity index (χ1n) is 13.5. The van der Waals surface area contributed by atoms with E-state index in [9.17, 15) is 19.0 Å². The lowest BCUT2D eigenvalue weighted by atomic mass is 9.98. The van der Waals surface area contributed by atoms with Crippen molar-refractivity contribution in [2.75, 3.05) is 17.8 Å². The Morgan fingerprint density at radius 3 is 1.97 bits per heavy atom. The molecule has 0 aromatic heterocycles. The number of hydrogen-bond acceptors (Lipinski definition) is 4. The number of carbonyl (C=O) groups excluding carboxylic acids is 2. The molecule has 0 saturated heterocycles. The van der Waals surface area contributed by atoms with Crippen LogP contribution in [0.2, 0.25) is 0 Å². The Labute approximate surface area is 231 Å². The summed E-state index contributed by atoms with van der Waals surface area (Å²) in [6, 6.07) is 27.7. The molecule has 3 aromatic rings. The van der Waals surface area contributed by atoms with E-state index in [-0.39, 0.29) is 30.2 Å². The summed E-state index contributed by atoms with van der Waals surface area (Å²) < 4.78 is 13.2. The normalized spacial score (nSPS) is 14.3. The molecule has 39 heavy (non-hydrogen) atoms. The van der Waals surface area contributed by atoms with Gasteiger partial charge < -0.3 is 20.8 Å². The van der Waals surface area contributed by atoms with Gasteiger partial charge >= 0.3 is 0 Å². The Balaban J connectivity index is 1.69. The second kappa shape index (κ2) is 15.4. The predicted molar refractivity (Wildman–Crippen MR) is 158 cm³/mol. The van der Waals surface area contributed by atoms with Crippen molar-refractivity contribution in [2.24, 2.45) is 11.8 Å². The van der Waals surface area contributed by atoms with E-state index in [1.807, 2.05) is 92.7 Å². The highest BCUT2D eigenvalue weighted by Gasteiger charge is 2.31. The minimum absolute atomic E-state index is 0.0963. The second-order valence-corrected chi connectivity index (χ2v) is 12.7. The summed E-state index contributed by atoms with van der Waals surface area (Å²) >= 11 is 0. The monoisotopic (exact) mass is 549 g/mol. The van der Waals surface area contributed by atoms with Crippen LogP contribution in [0.15, 0.2) is 91.0 Å². The molecule has 0 saturated carbocycles. The Morgan fingerprint density at radius 2 is 1.38 bits per heavy atom. The van der Waals surface area contributed by atoms with Gasteiger partial charge in [-0.2, -0.15) is 0 Å². The van der Waals surface area contributed by atoms with E-state index in [1.165, 1.54) is 0 Å². The molecular weight excluding hydrogens is 509 g/mol. The fourth-order valence-electron chi connectivity index (χ4n) is 4.41. The van der Waals surface area contributed by atoms with Crippen molar-refractivity contribution < 1.29 is 19.0 Å². The molecular formula is C31H40N3O4P. The molecule has 3 aromatic carbocycles. The van der Waals surface area contributed by atoms with Gasteiger partial charge in [0.15, 0.2) is 0 Å². The largest absolute Gasteiger partial charge is 0.344 e. The number of hydrogen-bond donors (Lipinski definition) is 4. The minimum Gasteiger partial charge on any atom is -0.344 e. The van der Waals surface area contributed by atoms with Gasteiger partial charge in [-0.3, -0.25) is 14.2 Å². The van der Waals surface area contributed by atoms with Crippen LogP contribution >= 0.6 is 7.37 Å². The number of rotatable bonds is 15. The summed E-state index contributed by atoms with van der Waals surface area (Å²) in [6.07, 6.45) is 1.17. The molecule has 0 spiro atoms. The number of amides is 2. The Bertz CT molecular complexity index is 1210. The van der Waals surface area contributed by atoms with Crippen LogP contribution in [0.25, 0.3) is 0 Å². The third-order valence-electron chi connectivity index (χ3n) is 6.41. The van der Waals surface area contributed by atoms with Gasteiger partial charge in [0.25, 0.3) is 0 Å². The fourth-order valence-corrected chi connectivity index (χ4v) is 6.04. The fraction of sp³-hybridized carbons (Fsp3) is 0.355. The van der Waals surface area contributed by atoms with Gasteiger partial charge in [-0.15, -0.1) is 0 Å². The molecule has 0 aliphatic rings. The van der Waals surface area contributed by atoms with Crippen molar-refractivity contribution in [1.29, 1.82) is 0 Å². The van der Waals surface area contributed by atoms with Crippen molar-refractivity contribution in [3.8, 4) is 0 Å². The zero-order valence-electron chi connectivity index (χ0n) is 22.8. The molecule has 0 aliphatic heterocycles. The second-order valence-electron chi connectivity index (χ2n) is 10.4. The number of para-hydroxylation sites is 1. The Hall–Kier alpha value is -3.25. The van der Waals surface area contributed by atoms with Crippen LogP contribution in [0.4, 0.5) is 5.69 Å². The number of nitrogens with one attached hydrogen (secondary N) is 3. The molecule has 3 atom stereocenters.